The van der Waals surface area contributed by atoms with Crippen LogP contribution in [0.5, 0.6) is 0 Å². The molecule has 18 heavy (non-hydrogen) atoms. The first-order valence-electron chi connectivity index (χ1n) is 7.63. The van der Waals surface area contributed by atoms with Crippen molar-refractivity contribution < 1.29 is 9.47 Å². The van der Waals surface area contributed by atoms with E-state index in [0.29, 0.717) is 12.2 Å². The van der Waals surface area contributed by atoms with E-state index in [9.17, 15) is 0 Å². The van der Waals surface area contributed by atoms with Gasteiger partial charge in [0.25, 0.3) is 0 Å². The molecule has 0 radical (unpaired) electrons. The predicted octanol–water partition coefficient (Wildman–Crippen LogP) is 4.44. The maximum atomic E-state index is 5.96. The third kappa shape index (κ3) is 4.10. The van der Waals surface area contributed by atoms with Gasteiger partial charge in [-0.05, 0) is 44.6 Å². The minimum Gasteiger partial charge on any atom is -0.343 e. The Morgan fingerprint density at radius 2 is 1.78 bits per heavy atom. The number of hydrogen-bond donors (Lipinski definition) is 0. The zero-order valence-corrected chi connectivity index (χ0v) is 12.2. The molecule has 0 bridgehead atoms. The van der Waals surface area contributed by atoms with Crippen molar-refractivity contribution in [1.82, 2.24) is 0 Å². The van der Waals surface area contributed by atoms with Gasteiger partial charge in [-0.3, -0.25) is 0 Å². The Labute approximate surface area is 112 Å². The lowest BCUT2D eigenvalue weighted by atomic mass is 9.95. The molecule has 2 aliphatic rings. The molecule has 0 amide bonds. The highest BCUT2D eigenvalue weighted by molar-refractivity contribution is 5.02. The fourth-order valence-electron chi connectivity index (χ4n) is 2.93. The van der Waals surface area contributed by atoms with E-state index in [1.54, 1.807) is 0 Å². The van der Waals surface area contributed by atoms with Gasteiger partial charge in [0.05, 0.1) is 12.2 Å². The molecule has 2 heteroatoms. The minimum atomic E-state index is -0.0721. The quantitative estimate of drug-likeness (QED) is 0.673. The van der Waals surface area contributed by atoms with E-state index in [1.165, 1.54) is 50.5 Å². The first kappa shape index (κ1) is 14.1. The van der Waals surface area contributed by atoms with Crippen LogP contribution in [0, 0.1) is 5.92 Å². The molecule has 1 aliphatic carbocycles. The third-order valence-corrected chi connectivity index (χ3v) is 4.03. The Morgan fingerprint density at radius 1 is 1.17 bits per heavy atom. The molecule has 2 nitrogen and oxygen atoms in total. The van der Waals surface area contributed by atoms with Gasteiger partial charge >= 0.3 is 0 Å². The summed E-state index contributed by atoms with van der Waals surface area (Å²) in [6.07, 6.45) is 11.6. The van der Waals surface area contributed by atoms with Gasteiger partial charge in [0.15, 0.2) is 6.29 Å². The first-order valence-corrected chi connectivity index (χ1v) is 7.63. The second-order valence-electron chi connectivity index (χ2n) is 6.30. The van der Waals surface area contributed by atoms with Crippen LogP contribution in [0.25, 0.3) is 0 Å². The van der Waals surface area contributed by atoms with Crippen LogP contribution in [0.4, 0.5) is 0 Å². The fraction of sp³-hybridized carbons (Fsp3) is 0.875. The van der Waals surface area contributed by atoms with Crippen LogP contribution in [-0.4, -0.2) is 18.5 Å². The van der Waals surface area contributed by atoms with Gasteiger partial charge < -0.3 is 9.47 Å². The summed E-state index contributed by atoms with van der Waals surface area (Å²) in [7, 11) is 0. The fourth-order valence-corrected chi connectivity index (χ4v) is 2.93. The summed E-state index contributed by atoms with van der Waals surface area (Å²) in [6.45, 7) is 6.77. The molecule has 0 aromatic carbocycles. The Bertz CT molecular complexity index is 269. The highest BCUT2D eigenvalue weighted by atomic mass is 16.7. The Kier molecular flexibility index (Phi) is 5.25. The molecule has 3 atom stereocenters. The van der Waals surface area contributed by atoms with Gasteiger partial charge in [0.2, 0.25) is 0 Å². The van der Waals surface area contributed by atoms with Crippen LogP contribution in [0.1, 0.15) is 65.7 Å². The predicted molar refractivity (Wildman–Crippen MR) is 74.4 cm³/mol. The summed E-state index contributed by atoms with van der Waals surface area (Å²) in [5.41, 5.74) is 1.42. The van der Waals surface area contributed by atoms with Gasteiger partial charge in [-0.25, -0.2) is 0 Å². The van der Waals surface area contributed by atoms with Gasteiger partial charge in [-0.2, -0.15) is 0 Å². The molecule has 1 saturated carbocycles. The lowest BCUT2D eigenvalue weighted by molar-refractivity contribution is -0.0280. The average molecular weight is 252 g/mol. The van der Waals surface area contributed by atoms with E-state index in [-0.39, 0.29) is 6.29 Å². The van der Waals surface area contributed by atoms with Crippen LogP contribution in [0.3, 0.4) is 0 Å². The maximum Gasteiger partial charge on any atom is 0.177 e. The smallest absolute Gasteiger partial charge is 0.177 e. The van der Waals surface area contributed by atoms with E-state index < -0.39 is 0 Å². The second kappa shape index (κ2) is 6.72. The van der Waals surface area contributed by atoms with Crippen molar-refractivity contribution in [1.29, 1.82) is 0 Å². The summed E-state index contributed by atoms with van der Waals surface area (Å²) in [5, 5.41) is 0. The lowest BCUT2D eigenvalue weighted by Crippen LogP contribution is -2.25. The topological polar surface area (TPSA) is 18.5 Å². The maximum absolute atomic E-state index is 5.96. The van der Waals surface area contributed by atoms with Crippen molar-refractivity contribution in [2.24, 2.45) is 5.92 Å². The molecule has 0 aromatic rings. The van der Waals surface area contributed by atoms with Crippen molar-refractivity contribution in [3.05, 3.63) is 11.6 Å². The molecule has 1 heterocycles. The summed E-state index contributed by atoms with van der Waals surface area (Å²) in [6, 6.07) is 0. The standard InChI is InChI=1S/C16H28O2/c1-12(2)7-6-8-13(3)11-16-17-14-9-4-5-10-15(14)18-16/h11-12,14-16H,4-10H2,1-3H3/t14-,15+,16?. The van der Waals surface area contributed by atoms with Crippen LogP contribution in [0.15, 0.2) is 11.6 Å². The monoisotopic (exact) mass is 252 g/mol. The molecule has 0 spiro atoms. The molecule has 104 valence electrons. The molecule has 1 unspecified atom stereocenters. The Balaban J connectivity index is 1.75. The van der Waals surface area contributed by atoms with Crippen molar-refractivity contribution in [2.45, 2.75) is 84.2 Å². The third-order valence-electron chi connectivity index (χ3n) is 4.03. The summed E-state index contributed by atoms with van der Waals surface area (Å²) >= 11 is 0. The Hall–Kier alpha value is -0.340. The van der Waals surface area contributed by atoms with Gasteiger partial charge in [0.1, 0.15) is 0 Å². The van der Waals surface area contributed by atoms with Crippen molar-refractivity contribution >= 4 is 0 Å². The number of allylic oxidation sites excluding steroid dienone is 1. The van der Waals surface area contributed by atoms with E-state index in [1.807, 2.05) is 0 Å². The largest absolute Gasteiger partial charge is 0.343 e. The normalized spacial score (nSPS) is 32.9. The summed E-state index contributed by atoms with van der Waals surface area (Å²) < 4.78 is 11.9. The molecule has 1 saturated heterocycles. The van der Waals surface area contributed by atoms with Crippen molar-refractivity contribution in [2.75, 3.05) is 0 Å². The van der Waals surface area contributed by atoms with E-state index in [0.717, 1.165) is 5.92 Å². The highest BCUT2D eigenvalue weighted by Gasteiger charge is 2.36. The Morgan fingerprint density at radius 3 is 2.33 bits per heavy atom. The van der Waals surface area contributed by atoms with Gasteiger partial charge in [0, 0.05) is 0 Å². The number of fused-ring (bicyclic) bond motifs is 1. The molecule has 0 N–H and O–H groups in total. The van der Waals surface area contributed by atoms with E-state index in [4.69, 9.17) is 9.47 Å². The summed E-state index contributed by atoms with van der Waals surface area (Å²) in [4.78, 5) is 0. The van der Waals surface area contributed by atoms with Gasteiger partial charge in [-0.15, -0.1) is 0 Å². The molecular formula is C16H28O2. The van der Waals surface area contributed by atoms with Crippen LogP contribution in [0.2, 0.25) is 0 Å². The SMILES string of the molecule is CC(=CC1O[C@H]2CCCC[C@H]2O1)CCCC(C)C. The van der Waals surface area contributed by atoms with Crippen LogP contribution < -0.4 is 0 Å². The zero-order chi connectivity index (χ0) is 13.0. The number of hydrogen-bond acceptors (Lipinski definition) is 2. The molecule has 0 aromatic heterocycles. The van der Waals surface area contributed by atoms with Crippen LogP contribution >= 0.6 is 0 Å². The molecule has 2 rings (SSSR count). The summed E-state index contributed by atoms with van der Waals surface area (Å²) in [5.74, 6) is 0.805. The van der Waals surface area contributed by atoms with Gasteiger partial charge in [-0.1, -0.05) is 38.7 Å². The number of rotatable bonds is 5. The van der Waals surface area contributed by atoms with E-state index in [2.05, 4.69) is 26.8 Å². The average Bonchev–Trinajstić information content (AvgIpc) is 2.70. The van der Waals surface area contributed by atoms with Crippen LogP contribution in [-0.2, 0) is 9.47 Å². The molecular weight excluding hydrogens is 224 g/mol. The molecule has 2 fully saturated rings. The minimum absolute atomic E-state index is 0.0721. The lowest BCUT2D eigenvalue weighted by Gasteiger charge is -2.21. The van der Waals surface area contributed by atoms with Crippen molar-refractivity contribution in [3.8, 4) is 0 Å². The van der Waals surface area contributed by atoms with Crippen molar-refractivity contribution in [3.63, 3.8) is 0 Å². The molecule has 1 aliphatic heterocycles. The number of ether oxygens (including phenoxy) is 2. The van der Waals surface area contributed by atoms with E-state index >= 15 is 0 Å². The first-order chi connectivity index (χ1) is 8.65. The highest BCUT2D eigenvalue weighted by Crippen LogP contribution is 2.32. The zero-order valence-electron chi connectivity index (χ0n) is 12.2. The second-order valence-corrected chi connectivity index (χ2v) is 6.30.